The summed E-state index contributed by atoms with van der Waals surface area (Å²) in [4.78, 5) is 23.3. The topological polar surface area (TPSA) is 78.4 Å². The number of para-hydroxylation sites is 1. The average Bonchev–Trinajstić information content (AvgIpc) is 2.61. The number of aliphatic hydroxyl groups excluding tert-OH is 1. The second-order valence-corrected chi connectivity index (χ2v) is 6.19. The Morgan fingerprint density at radius 3 is 2.84 bits per heavy atom. The standard InChI is InChI=1S/C19H18N4O2/c24-12-13-10-23(11-13)15-6-8-20-17(9-15)19(25)22-16-5-1-3-14-4-2-7-21-18(14)16/h1-9,13,24H,10-12H2,(H,22,25). The molecular formula is C19H18N4O2. The quantitative estimate of drug-likeness (QED) is 0.765. The highest BCUT2D eigenvalue weighted by Gasteiger charge is 2.26. The van der Waals surface area contributed by atoms with Crippen molar-refractivity contribution in [3.63, 3.8) is 0 Å². The van der Waals surface area contributed by atoms with E-state index in [1.807, 2.05) is 36.4 Å². The molecule has 1 amide bonds. The Hall–Kier alpha value is -2.99. The van der Waals surface area contributed by atoms with Crippen LogP contribution in [-0.2, 0) is 0 Å². The van der Waals surface area contributed by atoms with Crippen molar-refractivity contribution in [2.45, 2.75) is 0 Å². The highest BCUT2D eigenvalue weighted by atomic mass is 16.3. The van der Waals surface area contributed by atoms with E-state index in [1.54, 1.807) is 18.5 Å². The molecular weight excluding hydrogens is 316 g/mol. The van der Waals surface area contributed by atoms with Crippen LogP contribution < -0.4 is 10.2 Å². The summed E-state index contributed by atoms with van der Waals surface area (Å²) < 4.78 is 0. The molecule has 1 fully saturated rings. The van der Waals surface area contributed by atoms with Crippen LogP contribution >= 0.6 is 0 Å². The highest BCUT2D eigenvalue weighted by molar-refractivity contribution is 6.07. The molecule has 0 radical (unpaired) electrons. The fraction of sp³-hybridized carbons (Fsp3) is 0.211. The number of nitrogens with zero attached hydrogens (tertiary/aromatic N) is 3. The maximum atomic E-state index is 12.6. The van der Waals surface area contributed by atoms with Gasteiger partial charge in [-0.05, 0) is 24.3 Å². The van der Waals surface area contributed by atoms with E-state index < -0.39 is 0 Å². The molecule has 0 saturated carbocycles. The first-order valence-electron chi connectivity index (χ1n) is 8.21. The Labute approximate surface area is 145 Å². The number of pyridine rings is 2. The van der Waals surface area contributed by atoms with Gasteiger partial charge in [-0.1, -0.05) is 18.2 Å². The van der Waals surface area contributed by atoms with Gasteiger partial charge in [0.1, 0.15) is 5.69 Å². The summed E-state index contributed by atoms with van der Waals surface area (Å²) in [6.45, 7) is 1.80. The Bertz CT molecular complexity index is 917. The number of carbonyl (C=O) groups is 1. The van der Waals surface area contributed by atoms with Gasteiger partial charge in [0.25, 0.3) is 5.91 Å². The van der Waals surface area contributed by atoms with Crippen LogP contribution in [0.5, 0.6) is 0 Å². The lowest BCUT2D eigenvalue weighted by Crippen LogP contribution is -2.48. The molecule has 0 unspecified atom stereocenters. The number of nitrogens with one attached hydrogen (secondary N) is 1. The summed E-state index contributed by atoms with van der Waals surface area (Å²) in [5, 5.41) is 13.0. The lowest BCUT2D eigenvalue weighted by Gasteiger charge is -2.40. The molecule has 0 spiro atoms. The van der Waals surface area contributed by atoms with Crippen molar-refractivity contribution in [1.82, 2.24) is 9.97 Å². The molecule has 0 aliphatic carbocycles. The number of amides is 1. The zero-order valence-electron chi connectivity index (χ0n) is 13.6. The van der Waals surface area contributed by atoms with Gasteiger partial charge in [-0.2, -0.15) is 0 Å². The monoisotopic (exact) mass is 334 g/mol. The summed E-state index contributed by atoms with van der Waals surface area (Å²) in [7, 11) is 0. The molecule has 2 N–H and O–H groups in total. The first kappa shape index (κ1) is 15.5. The Balaban J connectivity index is 1.55. The van der Waals surface area contributed by atoms with E-state index in [0.29, 0.717) is 17.3 Å². The first-order valence-corrected chi connectivity index (χ1v) is 8.21. The maximum Gasteiger partial charge on any atom is 0.274 e. The van der Waals surface area contributed by atoms with Gasteiger partial charge in [0.2, 0.25) is 0 Å². The molecule has 0 atom stereocenters. The average molecular weight is 334 g/mol. The number of benzene rings is 1. The van der Waals surface area contributed by atoms with Gasteiger partial charge in [0.05, 0.1) is 11.2 Å². The second-order valence-electron chi connectivity index (χ2n) is 6.19. The van der Waals surface area contributed by atoms with E-state index >= 15 is 0 Å². The summed E-state index contributed by atoms with van der Waals surface area (Å²) in [5.74, 6) is 0.0476. The molecule has 1 aliphatic heterocycles. The Kier molecular flexibility index (Phi) is 4.03. The molecule has 3 heterocycles. The van der Waals surface area contributed by atoms with Crippen molar-refractivity contribution >= 4 is 28.2 Å². The van der Waals surface area contributed by atoms with Crippen molar-refractivity contribution in [3.8, 4) is 0 Å². The molecule has 3 aromatic rings. The van der Waals surface area contributed by atoms with E-state index in [4.69, 9.17) is 5.11 Å². The molecule has 6 nitrogen and oxygen atoms in total. The summed E-state index contributed by atoms with van der Waals surface area (Å²) in [6.07, 6.45) is 3.34. The zero-order chi connectivity index (χ0) is 17.2. The smallest absolute Gasteiger partial charge is 0.274 e. The van der Waals surface area contributed by atoms with Crippen LogP contribution in [0.3, 0.4) is 0 Å². The van der Waals surface area contributed by atoms with Gasteiger partial charge in [-0.25, -0.2) is 0 Å². The zero-order valence-corrected chi connectivity index (χ0v) is 13.6. The van der Waals surface area contributed by atoms with Crippen molar-refractivity contribution < 1.29 is 9.90 Å². The molecule has 126 valence electrons. The number of hydrogen-bond donors (Lipinski definition) is 2. The van der Waals surface area contributed by atoms with Gasteiger partial charge in [0.15, 0.2) is 0 Å². The predicted octanol–water partition coefficient (Wildman–Crippen LogP) is 2.31. The lowest BCUT2D eigenvalue weighted by atomic mass is 10.0. The summed E-state index contributed by atoms with van der Waals surface area (Å²) in [6, 6.07) is 13.2. The number of aliphatic hydroxyl groups is 1. The largest absolute Gasteiger partial charge is 0.396 e. The Morgan fingerprint density at radius 2 is 2.00 bits per heavy atom. The van der Waals surface area contributed by atoms with Crippen LogP contribution in [0.1, 0.15) is 10.5 Å². The molecule has 2 aromatic heterocycles. The number of rotatable bonds is 4. The first-order chi connectivity index (χ1) is 12.2. The van der Waals surface area contributed by atoms with E-state index in [-0.39, 0.29) is 12.5 Å². The van der Waals surface area contributed by atoms with Crippen LogP contribution in [0.25, 0.3) is 10.9 Å². The van der Waals surface area contributed by atoms with Crippen LogP contribution in [-0.4, -0.2) is 40.7 Å². The molecule has 1 aliphatic rings. The predicted molar refractivity (Wildman–Crippen MR) is 96.7 cm³/mol. The van der Waals surface area contributed by atoms with Crippen LogP contribution in [0.4, 0.5) is 11.4 Å². The minimum atomic E-state index is -0.265. The van der Waals surface area contributed by atoms with Crippen molar-refractivity contribution in [2.75, 3.05) is 29.9 Å². The maximum absolute atomic E-state index is 12.6. The number of hydrogen-bond acceptors (Lipinski definition) is 5. The van der Waals surface area contributed by atoms with Crippen molar-refractivity contribution in [1.29, 1.82) is 0 Å². The van der Waals surface area contributed by atoms with Gasteiger partial charge in [-0.3, -0.25) is 14.8 Å². The molecule has 4 rings (SSSR count). The van der Waals surface area contributed by atoms with Gasteiger partial charge >= 0.3 is 0 Å². The van der Waals surface area contributed by atoms with Gasteiger partial charge in [0, 0.05) is 49.1 Å². The fourth-order valence-electron chi connectivity index (χ4n) is 3.03. The summed E-state index contributed by atoms with van der Waals surface area (Å²) in [5.41, 5.74) is 2.72. The van der Waals surface area contributed by atoms with Crippen molar-refractivity contribution in [3.05, 3.63) is 60.6 Å². The minimum Gasteiger partial charge on any atom is -0.396 e. The van der Waals surface area contributed by atoms with Crippen LogP contribution in [0.2, 0.25) is 0 Å². The van der Waals surface area contributed by atoms with E-state index in [0.717, 1.165) is 29.7 Å². The third-order valence-electron chi connectivity index (χ3n) is 4.44. The normalized spacial score (nSPS) is 14.4. The number of fused-ring (bicyclic) bond motifs is 1. The minimum absolute atomic E-state index is 0.197. The Morgan fingerprint density at radius 1 is 1.16 bits per heavy atom. The van der Waals surface area contributed by atoms with E-state index in [2.05, 4.69) is 20.2 Å². The summed E-state index contributed by atoms with van der Waals surface area (Å²) >= 11 is 0. The lowest BCUT2D eigenvalue weighted by molar-refractivity contribution is 0.102. The molecule has 25 heavy (non-hydrogen) atoms. The van der Waals surface area contributed by atoms with Gasteiger partial charge in [-0.15, -0.1) is 0 Å². The highest BCUT2D eigenvalue weighted by Crippen LogP contribution is 2.25. The third-order valence-corrected chi connectivity index (χ3v) is 4.44. The third kappa shape index (κ3) is 3.04. The number of aromatic nitrogens is 2. The fourth-order valence-corrected chi connectivity index (χ4v) is 3.03. The molecule has 6 heteroatoms. The van der Waals surface area contributed by atoms with E-state index in [9.17, 15) is 4.79 Å². The van der Waals surface area contributed by atoms with E-state index in [1.165, 1.54) is 0 Å². The van der Waals surface area contributed by atoms with Crippen LogP contribution in [0.15, 0.2) is 54.9 Å². The second kappa shape index (κ2) is 6.49. The SMILES string of the molecule is O=C(Nc1cccc2cccnc12)c1cc(N2CC(CO)C2)ccn1. The number of carbonyl (C=O) groups excluding carboxylic acids is 1. The molecule has 1 saturated heterocycles. The molecule has 0 bridgehead atoms. The molecule has 1 aromatic carbocycles. The van der Waals surface area contributed by atoms with Crippen molar-refractivity contribution in [2.24, 2.45) is 5.92 Å². The van der Waals surface area contributed by atoms with Crippen LogP contribution in [0, 0.1) is 5.92 Å². The number of anilines is 2. The van der Waals surface area contributed by atoms with Gasteiger partial charge < -0.3 is 15.3 Å².